The number of allylic oxidation sites excluding steroid dienone is 1. The number of rotatable bonds is 6. The number of halogens is 1. The Hall–Kier alpha value is -4.17. The average molecular weight is 487 g/mol. The first-order valence-corrected chi connectivity index (χ1v) is 11.5. The van der Waals surface area contributed by atoms with Gasteiger partial charge in [0, 0.05) is 16.4 Å². The molecule has 1 amide bonds. The van der Waals surface area contributed by atoms with Gasteiger partial charge in [0.15, 0.2) is 0 Å². The van der Waals surface area contributed by atoms with Crippen LogP contribution >= 0.6 is 11.6 Å². The molecule has 0 fully saturated rings. The van der Waals surface area contributed by atoms with Gasteiger partial charge in [-0.1, -0.05) is 58.7 Å². The third-order valence-corrected chi connectivity index (χ3v) is 6.01. The van der Waals surface area contributed by atoms with E-state index >= 15 is 0 Å². The molecule has 176 valence electrons. The van der Waals surface area contributed by atoms with Gasteiger partial charge in [-0.2, -0.15) is 4.68 Å². The van der Waals surface area contributed by atoms with Crippen LogP contribution in [0.5, 0.6) is 5.75 Å². The smallest absolute Gasteiger partial charge is 0.255 e. The van der Waals surface area contributed by atoms with E-state index in [9.17, 15) is 4.79 Å². The van der Waals surface area contributed by atoms with Crippen LogP contribution in [0.1, 0.15) is 29.7 Å². The fourth-order valence-corrected chi connectivity index (χ4v) is 4.10. The number of carbonyl (C=O) groups excluding carboxylic acids is 1. The molecule has 0 saturated carbocycles. The Balaban J connectivity index is 1.45. The Morgan fingerprint density at radius 1 is 1.09 bits per heavy atom. The van der Waals surface area contributed by atoms with E-state index in [1.165, 1.54) is 0 Å². The zero-order valence-corrected chi connectivity index (χ0v) is 20.0. The van der Waals surface area contributed by atoms with E-state index in [4.69, 9.17) is 16.3 Å². The molecular formula is C26H23ClN6O2. The molecule has 8 nitrogen and oxygen atoms in total. The third-order valence-electron chi connectivity index (χ3n) is 5.76. The van der Waals surface area contributed by atoms with E-state index in [0.717, 1.165) is 16.7 Å². The highest BCUT2D eigenvalue weighted by Gasteiger charge is 2.34. The molecule has 0 saturated heterocycles. The molecule has 0 spiro atoms. The molecule has 1 aliphatic rings. The molecule has 1 aromatic heterocycles. The van der Waals surface area contributed by atoms with Crippen molar-refractivity contribution in [3.05, 3.63) is 106 Å². The summed E-state index contributed by atoms with van der Waals surface area (Å²) in [7, 11) is 0. The van der Waals surface area contributed by atoms with E-state index in [0.29, 0.717) is 40.3 Å². The number of fused-ring (bicyclic) bond motifs is 1. The predicted octanol–water partition coefficient (Wildman–Crippen LogP) is 5.14. The van der Waals surface area contributed by atoms with Crippen molar-refractivity contribution in [2.24, 2.45) is 0 Å². The molecule has 0 bridgehead atoms. The second-order valence-electron chi connectivity index (χ2n) is 8.32. The molecule has 4 aromatic rings. The normalized spacial score (nSPS) is 14.8. The van der Waals surface area contributed by atoms with Crippen LogP contribution in [0.4, 0.5) is 11.6 Å². The monoisotopic (exact) mass is 486 g/mol. The molecular weight excluding hydrogens is 464 g/mol. The van der Waals surface area contributed by atoms with E-state index in [-0.39, 0.29) is 5.91 Å². The van der Waals surface area contributed by atoms with Crippen LogP contribution in [0.15, 0.2) is 84.1 Å². The average Bonchev–Trinajstić information content (AvgIpc) is 3.32. The van der Waals surface area contributed by atoms with Crippen molar-refractivity contribution >= 4 is 29.1 Å². The van der Waals surface area contributed by atoms with Gasteiger partial charge < -0.3 is 15.4 Å². The summed E-state index contributed by atoms with van der Waals surface area (Å²) < 4.78 is 7.63. The Morgan fingerprint density at radius 2 is 1.86 bits per heavy atom. The van der Waals surface area contributed by atoms with Crippen molar-refractivity contribution in [1.82, 2.24) is 20.2 Å². The van der Waals surface area contributed by atoms with Crippen molar-refractivity contribution < 1.29 is 9.53 Å². The van der Waals surface area contributed by atoms with Gasteiger partial charge in [0.05, 0.1) is 5.57 Å². The fraction of sp³-hybridized carbons (Fsp3) is 0.154. The Labute approximate surface area is 207 Å². The molecule has 3 aromatic carbocycles. The summed E-state index contributed by atoms with van der Waals surface area (Å²) in [6.45, 7) is 4.23. The number of amides is 1. The molecule has 1 aliphatic heterocycles. The van der Waals surface area contributed by atoms with Crippen molar-refractivity contribution in [2.75, 3.05) is 10.6 Å². The molecule has 5 rings (SSSR count). The summed E-state index contributed by atoms with van der Waals surface area (Å²) in [5, 5.41) is 18.8. The summed E-state index contributed by atoms with van der Waals surface area (Å²) in [6.07, 6.45) is 0. The molecule has 2 N–H and O–H groups in total. The lowest BCUT2D eigenvalue weighted by molar-refractivity contribution is -0.113. The first kappa shape index (κ1) is 22.6. The number of hydrogen-bond donors (Lipinski definition) is 2. The number of anilines is 2. The highest BCUT2D eigenvalue weighted by atomic mass is 35.5. The van der Waals surface area contributed by atoms with Gasteiger partial charge in [-0.15, -0.1) is 0 Å². The molecule has 35 heavy (non-hydrogen) atoms. The van der Waals surface area contributed by atoms with Gasteiger partial charge >= 0.3 is 0 Å². The number of aromatic nitrogens is 4. The highest BCUT2D eigenvalue weighted by molar-refractivity contribution is 6.30. The zero-order chi connectivity index (χ0) is 24.4. The van der Waals surface area contributed by atoms with Crippen molar-refractivity contribution in [2.45, 2.75) is 26.5 Å². The van der Waals surface area contributed by atoms with Crippen LogP contribution in [-0.2, 0) is 11.4 Å². The molecule has 1 unspecified atom stereocenters. The van der Waals surface area contributed by atoms with Gasteiger partial charge in [0.25, 0.3) is 5.91 Å². The van der Waals surface area contributed by atoms with E-state index in [1.54, 1.807) is 4.68 Å². The Bertz CT molecular complexity index is 1400. The lowest BCUT2D eigenvalue weighted by atomic mass is 9.94. The molecule has 0 radical (unpaired) electrons. The number of benzene rings is 3. The number of nitrogens with zero attached hydrogens (tertiary/aromatic N) is 4. The number of nitrogens with one attached hydrogen (secondary N) is 2. The van der Waals surface area contributed by atoms with Gasteiger partial charge in [-0.3, -0.25) is 4.79 Å². The summed E-state index contributed by atoms with van der Waals surface area (Å²) in [4.78, 5) is 13.5. The summed E-state index contributed by atoms with van der Waals surface area (Å²) >= 11 is 5.98. The third kappa shape index (κ3) is 4.88. The minimum absolute atomic E-state index is 0.238. The minimum Gasteiger partial charge on any atom is -0.489 e. The van der Waals surface area contributed by atoms with Crippen LogP contribution in [0, 0.1) is 6.92 Å². The van der Waals surface area contributed by atoms with Crippen LogP contribution in [0.2, 0.25) is 5.02 Å². The standard InChI is InChI=1S/C26H23ClN6O2/c1-16-6-12-21(13-7-16)29-25(34)23-17(2)28-26-30-31-32-33(26)24(23)19-4-3-5-22(14-19)35-15-18-8-10-20(27)11-9-18/h3-14,24H,15H2,1-2H3,(H,29,34)(H,28,30,32). The first-order valence-electron chi connectivity index (χ1n) is 11.1. The number of tetrazole rings is 1. The molecule has 2 heterocycles. The van der Waals surface area contributed by atoms with Gasteiger partial charge in [-0.05, 0) is 71.8 Å². The number of ether oxygens (including phenoxy) is 1. The van der Waals surface area contributed by atoms with Crippen molar-refractivity contribution in [3.8, 4) is 5.75 Å². The van der Waals surface area contributed by atoms with Crippen LogP contribution in [0.3, 0.4) is 0 Å². The van der Waals surface area contributed by atoms with E-state index in [2.05, 4.69) is 26.2 Å². The largest absolute Gasteiger partial charge is 0.489 e. The predicted molar refractivity (Wildman–Crippen MR) is 134 cm³/mol. The summed E-state index contributed by atoms with van der Waals surface area (Å²) in [6, 6.07) is 22.2. The van der Waals surface area contributed by atoms with E-state index < -0.39 is 6.04 Å². The van der Waals surface area contributed by atoms with Crippen LogP contribution < -0.4 is 15.4 Å². The molecule has 1 atom stereocenters. The second kappa shape index (κ2) is 9.60. The highest BCUT2D eigenvalue weighted by Crippen LogP contribution is 2.36. The summed E-state index contributed by atoms with van der Waals surface area (Å²) in [5.74, 6) is 0.894. The topological polar surface area (TPSA) is 94.0 Å². The molecule has 9 heteroatoms. The second-order valence-corrected chi connectivity index (χ2v) is 8.76. The zero-order valence-electron chi connectivity index (χ0n) is 19.2. The first-order chi connectivity index (χ1) is 17.0. The van der Waals surface area contributed by atoms with Gasteiger partial charge in [0.1, 0.15) is 18.4 Å². The van der Waals surface area contributed by atoms with Gasteiger partial charge in [0.2, 0.25) is 5.95 Å². The SMILES string of the molecule is CC1=C(C(=O)Nc2ccc(C)cc2)C(c2cccc(OCc3ccc(Cl)cc3)c2)n2nnnc2N1. The van der Waals surface area contributed by atoms with Crippen LogP contribution in [0.25, 0.3) is 0 Å². The minimum atomic E-state index is -0.536. The molecule has 0 aliphatic carbocycles. The fourth-order valence-electron chi connectivity index (χ4n) is 3.97. The Morgan fingerprint density at radius 3 is 2.63 bits per heavy atom. The maximum atomic E-state index is 13.5. The lowest BCUT2D eigenvalue weighted by Crippen LogP contribution is -2.31. The van der Waals surface area contributed by atoms with Crippen LogP contribution in [-0.4, -0.2) is 26.1 Å². The lowest BCUT2D eigenvalue weighted by Gasteiger charge is -2.28. The number of hydrogen-bond acceptors (Lipinski definition) is 6. The Kier molecular flexibility index (Phi) is 6.20. The maximum Gasteiger partial charge on any atom is 0.255 e. The number of carbonyl (C=O) groups is 1. The van der Waals surface area contributed by atoms with E-state index in [1.807, 2.05) is 86.6 Å². The quantitative estimate of drug-likeness (QED) is 0.392. The van der Waals surface area contributed by atoms with Gasteiger partial charge in [-0.25, -0.2) is 0 Å². The van der Waals surface area contributed by atoms with Crippen molar-refractivity contribution in [3.63, 3.8) is 0 Å². The summed E-state index contributed by atoms with van der Waals surface area (Å²) in [5.41, 5.74) is 4.83. The maximum absolute atomic E-state index is 13.5. The van der Waals surface area contributed by atoms with Crippen molar-refractivity contribution in [1.29, 1.82) is 0 Å². The number of aryl methyl sites for hydroxylation is 1.